The molecule has 3 aromatic carbocycles. The van der Waals surface area contributed by atoms with Crippen LogP contribution in [0.5, 0.6) is 11.5 Å². The quantitative estimate of drug-likeness (QED) is 0.703. The first-order chi connectivity index (χ1) is 12.6. The SMILES string of the molecule is O=C1C[C@H]2Oc3c(c([S@@](=O)c4ccccc4)c(O)c4ccccc34)[C@H]2O1. The van der Waals surface area contributed by atoms with Gasteiger partial charge in [0.25, 0.3) is 0 Å². The molecule has 0 radical (unpaired) electrons. The minimum Gasteiger partial charge on any atom is -0.506 e. The largest absolute Gasteiger partial charge is 0.506 e. The zero-order valence-electron chi connectivity index (χ0n) is 13.5. The maximum Gasteiger partial charge on any atom is 0.310 e. The number of benzene rings is 3. The van der Waals surface area contributed by atoms with Crippen molar-refractivity contribution in [3.8, 4) is 11.5 Å². The van der Waals surface area contributed by atoms with Crippen LogP contribution in [0.3, 0.4) is 0 Å². The molecule has 0 spiro atoms. The Labute approximate surface area is 151 Å². The molecule has 5 nitrogen and oxygen atoms in total. The molecule has 0 bridgehead atoms. The van der Waals surface area contributed by atoms with Crippen molar-refractivity contribution in [2.24, 2.45) is 0 Å². The molecule has 0 saturated carbocycles. The summed E-state index contributed by atoms with van der Waals surface area (Å²) in [6.45, 7) is 0. The molecule has 0 amide bonds. The second-order valence-corrected chi connectivity index (χ2v) is 7.74. The van der Waals surface area contributed by atoms with Crippen molar-refractivity contribution in [3.05, 3.63) is 60.2 Å². The molecule has 0 unspecified atom stereocenters. The average molecular weight is 366 g/mol. The van der Waals surface area contributed by atoms with Crippen molar-refractivity contribution >= 4 is 27.5 Å². The van der Waals surface area contributed by atoms with Gasteiger partial charge < -0.3 is 14.6 Å². The first-order valence-corrected chi connectivity index (χ1v) is 9.40. The zero-order chi connectivity index (χ0) is 17.8. The van der Waals surface area contributed by atoms with Crippen molar-refractivity contribution < 1.29 is 23.6 Å². The zero-order valence-corrected chi connectivity index (χ0v) is 14.4. The van der Waals surface area contributed by atoms with E-state index >= 15 is 0 Å². The first-order valence-electron chi connectivity index (χ1n) is 8.25. The van der Waals surface area contributed by atoms with Crippen LogP contribution in [-0.4, -0.2) is 21.4 Å². The third kappa shape index (κ3) is 2.08. The summed E-state index contributed by atoms with van der Waals surface area (Å²) >= 11 is 0. The highest BCUT2D eigenvalue weighted by Gasteiger charge is 2.48. The molecule has 26 heavy (non-hydrogen) atoms. The third-order valence-corrected chi connectivity index (χ3v) is 6.28. The second-order valence-electron chi connectivity index (χ2n) is 6.32. The van der Waals surface area contributed by atoms with Crippen molar-refractivity contribution in [2.75, 3.05) is 0 Å². The van der Waals surface area contributed by atoms with Crippen molar-refractivity contribution in [2.45, 2.75) is 28.4 Å². The number of rotatable bonds is 2. The number of aromatic hydroxyl groups is 1. The lowest BCUT2D eigenvalue weighted by Crippen LogP contribution is -2.12. The Kier molecular flexibility index (Phi) is 3.30. The van der Waals surface area contributed by atoms with E-state index in [1.807, 2.05) is 18.2 Å². The van der Waals surface area contributed by atoms with Gasteiger partial charge in [0.15, 0.2) is 12.2 Å². The molecule has 1 fully saturated rings. The standard InChI is InChI=1S/C20H14O5S/c21-15-10-14-19(25-15)16-18(24-14)13-9-5-4-8-12(13)17(22)20(16)26(23)11-6-2-1-3-7-11/h1-9,14,19,22H,10H2/t14-,19+,26+/m1/s1. The first kappa shape index (κ1) is 15.4. The van der Waals surface area contributed by atoms with Crippen LogP contribution in [0.15, 0.2) is 64.4 Å². The number of carbonyl (C=O) groups is 1. The molecule has 2 aliphatic rings. The number of ether oxygens (including phenoxy) is 2. The third-order valence-electron chi connectivity index (χ3n) is 4.79. The molecule has 1 saturated heterocycles. The van der Waals surface area contributed by atoms with E-state index in [4.69, 9.17) is 9.47 Å². The van der Waals surface area contributed by atoms with Gasteiger partial charge in [0.05, 0.1) is 27.7 Å². The maximum absolute atomic E-state index is 13.3. The van der Waals surface area contributed by atoms with Gasteiger partial charge in [-0.15, -0.1) is 0 Å². The number of esters is 1. The Bertz CT molecular complexity index is 1080. The van der Waals surface area contributed by atoms with Gasteiger partial charge in [-0.05, 0) is 12.1 Å². The Morgan fingerprint density at radius 1 is 0.962 bits per heavy atom. The van der Waals surface area contributed by atoms with Gasteiger partial charge in [-0.25, -0.2) is 4.21 Å². The number of hydrogen-bond donors (Lipinski definition) is 1. The summed E-state index contributed by atoms with van der Waals surface area (Å²) in [5.41, 5.74) is 0.513. The molecule has 0 aliphatic carbocycles. The lowest BCUT2D eigenvalue weighted by atomic mass is 10.0. The monoisotopic (exact) mass is 366 g/mol. The summed E-state index contributed by atoms with van der Waals surface area (Å²) in [7, 11) is -1.64. The van der Waals surface area contributed by atoms with E-state index in [9.17, 15) is 14.1 Å². The van der Waals surface area contributed by atoms with Crippen LogP contribution >= 0.6 is 0 Å². The van der Waals surface area contributed by atoms with Gasteiger partial charge in [0.1, 0.15) is 11.5 Å². The lowest BCUT2D eigenvalue weighted by Gasteiger charge is -2.16. The molecule has 5 rings (SSSR count). The van der Waals surface area contributed by atoms with E-state index < -0.39 is 23.0 Å². The molecule has 3 atom stereocenters. The Balaban J connectivity index is 1.82. The molecule has 0 aromatic heterocycles. The highest BCUT2D eigenvalue weighted by molar-refractivity contribution is 7.85. The number of hydrogen-bond acceptors (Lipinski definition) is 5. The average Bonchev–Trinajstić information content (AvgIpc) is 3.19. The fraction of sp³-hybridized carbons (Fsp3) is 0.150. The fourth-order valence-corrected chi connectivity index (χ4v) is 4.99. The van der Waals surface area contributed by atoms with Gasteiger partial charge in [-0.1, -0.05) is 42.5 Å². The number of phenolic OH excluding ortho intramolecular Hbond substituents is 1. The summed E-state index contributed by atoms with van der Waals surface area (Å²) in [6.07, 6.45) is -0.948. The van der Waals surface area contributed by atoms with Crippen LogP contribution in [-0.2, 0) is 20.3 Å². The van der Waals surface area contributed by atoms with Crippen LogP contribution in [0.2, 0.25) is 0 Å². The molecule has 2 aliphatic heterocycles. The van der Waals surface area contributed by atoms with Gasteiger partial charge in [0.2, 0.25) is 0 Å². The summed E-state index contributed by atoms with van der Waals surface area (Å²) in [6, 6.07) is 16.2. The Morgan fingerprint density at radius 3 is 2.42 bits per heavy atom. The summed E-state index contributed by atoms with van der Waals surface area (Å²) < 4.78 is 24.7. The Morgan fingerprint density at radius 2 is 1.65 bits per heavy atom. The normalized spacial score (nSPS) is 21.8. The highest BCUT2D eigenvalue weighted by Crippen LogP contribution is 2.53. The molecule has 130 valence electrons. The number of carbonyl (C=O) groups excluding carboxylic acids is 1. The summed E-state index contributed by atoms with van der Waals surface area (Å²) in [5.74, 6) is 0.128. The van der Waals surface area contributed by atoms with E-state index in [0.29, 0.717) is 21.6 Å². The van der Waals surface area contributed by atoms with Gasteiger partial charge >= 0.3 is 5.97 Å². The topological polar surface area (TPSA) is 72.8 Å². The predicted octanol–water partition coefficient (Wildman–Crippen LogP) is 3.46. The van der Waals surface area contributed by atoms with E-state index in [2.05, 4.69) is 0 Å². The molecule has 2 heterocycles. The highest BCUT2D eigenvalue weighted by atomic mass is 32.2. The van der Waals surface area contributed by atoms with Crippen LogP contribution in [0, 0.1) is 0 Å². The van der Waals surface area contributed by atoms with Gasteiger partial charge in [-0.2, -0.15) is 0 Å². The summed E-state index contributed by atoms with van der Waals surface area (Å²) in [5, 5.41) is 12.2. The Hall–Kier alpha value is -2.86. The number of fused-ring (bicyclic) bond motifs is 5. The van der Waals surface area contributed by atoms with Crippen LogP contribution in [0.4, 0.5) is 0 Å². The second kappa shape index (κ2) is 5.57. The predicted molar refractivity (Wildman–Crippen MR) is 94.6 cm³/mol. The van der Waals surface area contributed by atoms with Crippen LogP contribution in [0.1, 0.15) is 18.1 Å². The van der Waals surface area contributed by atoms with E-state index in [-0.39, 0.29) is 23.0 Å². The molecule has 6 heteroatoms. The molecule has 1 N–H and O–H groups in total. The summed E-state index contributed by atoms with van der Waals surface area (Å²) in [4.78, 5) is 12.5. The number of phenols is 1. The smallest absolute Gasteiger partial charge is 0.310 e. The molecule has 3 aromatic rings. The molecular formula is C20H14O5S. The fourth-order valence-electron chi connectivity index (χ4n) is 3.66. The lowest BCUT2D eigenvalue weighted by molar-refractivity contribution is -0.141. The van der Waals surface area contributed by atoms with E-state index in [0.717, 1.165) is 5.39 Å². The van der Waals surface area contributed by atoms with Crippen LogP contribution in [0.25, 0.3) is 10.8 Å². The van der Waals surface area contributed by atoms with E-state index in [1.54, 1.807) is 36.4 Å². The van der Waals surface area contributed by atoms with Crippen molar-refractivity contribution in [3.63, 3.8) is 0 Å². The van der Waals surface area contributed by atoms with E-state index in [1.165, 1.54) is 0 Å². The minimum absolute atomic E-state index is 0.0614. The maximum atomic E-state index is 13.3. The van der Waals surface area contributed by atoms with Gasteiger partial charge in [-0.3, -0.25) is 4.79 Å². The van der Waals surface area contributed by atoms with Crippen molar-refractivity contribution in [1.29, 1.82) is 0 Å². The van der Waals surface area contributed by atoms with Crippen LogP contribution < -0.4 is 4.74 Å². The van der Waals surface area contributed by atoms with Gasteiger partial charge in [0, 0.05) is 15.7 Å². The molecular weight excluding hydrogens is 352 g/mol. The minimum atomic E-state index is -1.64. The van der Waals surface area contributed by atoms with Crippen molar-refractivity contribution in [1.82, 2.24) is 0 Å².